The van der Waals surface area contributed by atoms with Crippen LogP contribution in [-0.2, 0) is 10.0 Å². The van der Waals surface area contributed by atoms with Crippen LogP contribution >= 0.6 is 0 Å². The molecule has 22 heavy (non-hydrogen) atoms. The van der Waals surface area contributed by atoms with Gasteiger partial charge in [0.1, 0.15) is 0 Å². The lowest BCUT2D eigenvalue weighted by Gasteiger charge is -2.14. The fourth-order valence-corrected chi connectivity index (χ4v) is 3.25. The van der Waals surface area contributed by atoms with E-state index in [1.54, 1.807) is 30.5 Å². The largest absolute Gasteiger partial charge is 0.302 e. The third-order valence-electron chi connectivity index (χ3n) is 3.20. The van der Waals surface area contributed by atoms with Crippen LogP contribution < -0.4 is 0 Å². The number of fused-ring (bicyclic) bond motifs is 1. The molecule has 0 amide bonds. The molecular weight excluding hydrogens is 304 g/mol. The van der Waals surface area contributed by atoms with Crippen LogP contribution in [0.15, 0.2) is 59.7 Å². The summed E-state index contributed by atoms with van der Waals surface area (Å²) in [5.41, 5.74) is 0.323. The molecule has 0 saturated carbocycles. The highest BCUT2D eigenvalue weighted by atomic mass is 32.2. The second-order valence-electron chi connectivity index (χ2n) is 4.53. The SMILES string of the molecule is O=NS(=O)(=O)C(c1ncccn1)c1cncc2ccccc12. The van der Waals surface area contributed by atoms with Crippen LogP contribution in [0.25, 0.3) is 10.8 Å². The van der Waals surface area contributed by atoms with Gasteiger partial charge in [0.05, 0.1) is 4.58 Å². The molecule has 7 nitrogen and oxygen atoms in total. The number of aromatic nitrogens is 3. The molecule has 0 aliphatic rings. The zero-order valence-corrected chi connectivity index (χ0v) is 12.0. The van der Waals surface area contributed by atoms with Gasteiger partial charge < -0.3 is 0 Å². The monoisotopic (exact) mass is 314 g/mol. The Morgan fingerprint density at radius 1 is 1.00 bits per heavy atom. The van der Waals surface area contributed by atoms with E-state index in [4.69, 9.17) is 0 Å². The lowest BCUT2D eigenvalue weighted by atomic mass is 10.0. The van der Waals surface area contributed by atoms with Crippen molar-refractivity contribution < 1.29 is 8.42 Å². The van der Waals surface area contributed by atoms with Crippen molar-refractivity contribution in [3.05, 3.63) is 71.4 Å². The predicted molar refractivity (Wildman–Crippen MR) is 80.3 cm³/mol. The zero-order valence-electron chi connectivity index (χ0n) is 11.2. The van der Waals surface area contributed by atoms with Crippen molar-refractivity contribution in [2.75, 3.05) is 0 Å². The quantitative estimate of drug-likeness (QED) is 0.684. The maximum absolute atomic E-state index is 12.2. The van der Waals surface area contributed by atoms with Crippen LogP contribution in [0.5, 0.6) is 0 Å². The molecule has 0 N–H and O–H groups in total. The van der Waals surface area contributed by atoms with Gasteiger partial charge in [0.2, 0.25) is 0 Å². The van der Waals surface area contributed by atoms with Crippen molar-refractivity contribution in [2.45, 2.75) is 5.25 Å². The van der Waals surface area contributed by atoms with Gasteiger partial charge in [-0.3, -0.25) is 4.98 Å². The number of hydrogen-bond donors (Lipinski definition) is 0. The van der Waals surface area contributed by atoms with Gasteiger partial charge in [-0.25, -0.2) is 18.4 Å². The van der Waals surface area contributed by atoms with Crippen LogP contribution in [-0.4, -0.2) is 23.4 Å². The van der Waals surface area contributed by atoms with Gasteiger partial charge in [0.15, 0.2) is 11.1 Å². The van der Waals surface area contributed by atoms with Gasteiger partial charge in [-0.05, 0) is 11.5 Å². The van der Waals surface area contributed by atoms with Gasteiger partial charge in [0, 0.05) is 35.7 Å². The minimum Gasteiger partial charge on any atom is -0.264 e. The molecule has 3 aromatic rings. The van der Waals surface area contributed by atoms with E-state index in [1.807, 2.05) is 6.07 Å². The Hall–Kier alpha value is -2.74. The Morgan fingerprint density at radius 3 is 2.45 bits per heavy atom. The summed E-state index contributed by atoms with van der Waals surface area (Å²) in [6.07, 6.45) is 5.83. The minimum atomic E-state index is -4.35. The van der Waals surface area contributed by atoms with E-state index in [2.05, 4.69) is 19.5 Å². The molecule has 0 radical (unpaired) electrons. The van der Waals surface area contributed by atoms with Crippen LogP contribution in [0.1, 0.15) is 16.6 Å². The van der Waals surface area contributed by atoms with E-state index < -0.39 is 15.3 Å². The first-order valence-electron chi connectivity index (χ1n) is 6.31. The standard InChI is InChI=1S/C14H10N4O3S/c19-18-22(20,21)13(14-16-6-3-7-17-14)12-9-15-8-10-4-1-2-5-11(10)12/h1-9,13H. The molecule has 1 aromatic carbocycles. The van der Waals surface area contributed by atoms with Crippen molar-refractivity contribution in [1.29, 1.82) is 0 Å². The predicted octanol–water partition coefficient (Wildman–Crippen LogP) is 2.21. The molecule has 0 saturated heterocycles. The van der Waals surface area contributed by atoms with Gasteiger partial charge in [-0.2, -0.15) is 0 Å². The Bertz CT molecular complexity index is 924. The van der Waals surface area contributed by atoms with E-state index in [-0.39, 0.29) is 5.82 Å². The summed E-state index contributed by atoms with van der Waals surface area (Å²) < 4.78 is 26.6. The molecule has 2 aromatic heterocycles. The molecule has 8 heteroatoms. The highest BCUT2D eigenvalue weighted by molar-refractivity contribution is 7.90. The third-order valence-corrected chi connectivity index (χ3v) is 4.47. The number of nitroso groups, excluding NO2 is 1. The van der Waals surface area contributed by atoms with E-state index >= 15 is 0 Å². The molecular formula is C14H10N4O3S. The third kappa shape index (κ3) is 2.44. The normalized spacial score (nSPS) is 12.9. The van der Waals surface area contributed by atoms with Crippen molar-refractivity contribution in [3.63, 3.8) is 0 Å². The van der Waals surface area contributed by atoms with Crippen molar-refractivity contribution in [2.24, 2.45) is 4.58 Å². The van der Waals surface area contributed by atoms with Crippen LogP contribution in [0.3, 0.4) is 0 Å². The summed E-state index contributed by atoms with van der Waals surface area (Å²) in [5.74, 6) is -0.0137. The lowest BCUT2D eigenvalue weighted by Crippen LogP contribution is -2.15. The van der Waals surface area contributed by atoms with Gasteiger partial charge in [-0.15, -0.1) is 4.91 Å². The number of pyridine rings is 1. The summed E-state index contributed by atoms with van der Waals surface area (Å²) in [6, 6.07) is 8.70. The van der Waals surface area contributed by atoms with Crippen LogP contribution in [0.2, 0.25) is 0 Å². The first kappa shape index (κ1) is 14.2. The summed E-state index contributed by atoms with van der Waals surface area (Å²) in [7, 11) is -4.35. The van der Waals surface area contributed by atoms with Gasteiger partial charge in [-0.1, -0.05) is 24.3 Å². The lowest BCUT2D eigenvalue weighted by molar-refractivity contribution is 0.588. The fraction of sp³-hybridized carbons (Fsp3) is 0.0714. The van der Waals surface area contributed by atoms with E-state index in [0.717, 1.165) is 5.39 Å². The number of sulfonamides is 1. The Balaban J connectivity index is 2.33. The highest BCUT2D eigenvalue weighted by Gasteiger charge is 2.34. The molecule has 0 aliphatic heterocycles. The zero-order chi connectivity index (χ0) is 15.6. The summed E-state index contributed by atoms with van der Waals surface area (Å²) in [5, 5.41) is 0.0222. The average molecular weight is 314 g/mol. The summed E-state index contributed by atoms with van der Waals surface area (Å²) >= 11 is 0. The van der Waals surface area contributed by atoms with E-state index in [9.17, 15) is 13.3 Å². The summed E-state index contributed by atoms with van der Waals surface area (Å²) in [4.78, 5) is 22.8. The number of hydrogen-bond acceptors (Lipinski definition) is 6. The second-order valence-corrected chi connectivity index (χ2v) is 6.18. The van der Waals surface area contributed by atoms with Gasteiger partial charge in [0.25, 0.3) is 0 Å². The maximum atomic E-state index is 12.2. The molecule has 110 valence electrons. The Morgan fingerprint density at radius 2 is 1.73 bits per heavy atom. The van der Waals surface area contributed by atoms with Crippen LogP contribution in [0.4, 0.5) is 0 Å². The molecule has 3 rings (SSSR count). The molecule has 1 unspecified atom stereocenters. The summed E-state index contributed by atoms with van der Waals surface area (Å²) in [6.45, 7) is 0. The topological polar surface area (TPSA) is 102 Å². The van der Waals surface area contributed by atoms with Gasteiger partial charge >= 0.3 is 10.0 Å². The first-order valence-corrected chi connectivity index (χ1v) is 7.82. The number of benzene rings is 1. The van der Waals surface area contributed by atoms with Crippen molar-refractivity contribution in [3.8, 4) is 0 Å². The van der Waals surface area contributed by atoms with Crippen LogP contribution in [0, 0.1) is 4.91 Å². The minimum absolute atomic E-state index is 0.0137. The Kier molecular flexibility index (Phi) is 3.60. The molecule has 2 heterocycles. The molecule has 0 fully saturated rings. The molecule has 1 atom stereocenters. The van der Waals surface area contributed by atoms with E-state index in [1.165, 1.54) is 18.6 Å². The number of nitrogens with zero attached hydrogens (tertiary/aromatic N) is 4. The first-order chi connectivity index (χ1) is 10.6. The van der Waals surface area contributed by atoms with Crippen molar-refractivity contribution in [1.82, 2.24) is 15.0 Å². The second kappa shape index (κ2) is 5.57. The Labute approximate surface area is 126 Å². The maximum Gasteiger partial charge on any atom is 0.302 e. The number of rotatable bonds is 4. The van der Waals surface area contributed by atoms with Crippen molar-refractivity contribution >= 4 is 20.8 Å². The van der Waals surface area contributed by atoms with E-state index in [0.29, 0.717) is 10.9 Å². The average Bonchev–Trinajstić information content (AvgIpc) is 2.56. The molecule has 0 bridgehead atoms. The fourth-order valence-electron chi connectivity index (χ4n) is 2.27. The molecule has 0 aliphatic carbocycles. The highest BCUT2D eigenvalue weighted by Crippen LogP contribution is 2.33. The smallest absolute Gasteiger partial charge is 0.264 e. The molecule has 0 spiro atoms.